The summed E-state index contributed by atoms with van der Waals surface area (Å²) in [4.78, 5) is 0. The molecule has 0 aliphatic heterocycles. The Morgan fingerprint density at radius 1 is 0.846 bits per heavy atom. The summed E-state index contributed by atoms with van der Waals surface area (Å²) in [7, 11) is 0. The van der Waals surface area contributed by atoms with Gasteiger partial charge >= 0.3 is 0 Å². The highest BCUT2D eigenvalue weighted by atomic mass is 127. The van der Waals surface area contributed by atoms with E-state index in [0.717, 1.165) is 32.8 Å². The molecule has 0 atom stereocenters. The Kier molecular flexibility index (Phi) is 13.3. The van der Waals surface area contributed by atoms with Crippen molar-refractivity contribution in [2.24, 2.45) is 0 Å². The predicted molar refractivity (Wildman–Crippen MR) is 64.7 cm³/mol. The smallest absolute Gasteiger partial charge is 0.0700 e. The summed E-state index contributed by atoms with van der Waals surface area (Å²) < 4.78 is 11.9. The van der Waals surface area contributed by atoms with E-state index in [-0.39, 0.29) is 0 Å². The van der Waals surface area contributed by atoms with Crippen molar-refractivity contribution in [3.05, 3.63) is 0 Å². The number of hydrogen-bond acceptors (Lipinski definition) is 2. The van der Waals surface area contributed by atoms with E-state index >= 15 is 0 Å². The number of alkyl halides is 1. The molecule has 0 bridgehead atoms. The summed E-state index contributed by atoms with van der Waals surface area (Å²) in [6.07, 6.45) is 4.89. The molecule has 0 aliphatic carbocycles. The van der Waals surface area contributed by atoms with Crippen LogP contribution >= 0.6 is 22.6 Å². The van der Waals surface area contributed by atoms with Crippen molar-refractivity contribution in [1.82, 2.24) is 0 Å². The highest BCUT2D eigenvalue weighted by Crippen LogP contribution is 1.98. The van der Waals surface area contributed by atoms with Crippen LogP contribution in [0.25, 0.3) is 0 Å². The SMILES string of the molecule is CCCOCCOCCCCCI. The number of halogens is 1. The Hall–Kier alpha value is 0.650. The molecule has 0 fully saturated rings. The first-order valence-corrected chi connectivity index (χ1v) is 6.65. The molecular formula is C10H21IO2. The Balaban J connectivity index is 2.76. The molecule has 13 heavy (non-hydrogen) atoms. The molecule has 0 unspecified atom stereocenters. The molecule has 0 spiro atoms. The summed E-state index contributed by atoms with van der Waals surface area (Å²) >= 11 is 2.41. The largest absolute Gasteiger partial charge is 0.379 e. The third-order valence-corrected chi connectivity index (χ3v) is 2.41. The van der Waals surface area contributed by atoms with Gasteiger partial charge in [0.25, 0.3) is 0 Å². The molecular weight excluding hydrogens is 279 g/mol. The van der Waals surface area contributed by atoms with Gasteiger partial charge in [-0.1, -0.05) is 35.9 Å². The summed E-state index contributed by atoms with van der Waals surface area (Å²) in [5.74, 6) is 0. The van der Waals surface area contributed by atoms with Gasteiger partial charge in [0.2, 0.25) is 0 Å². The number of ether oxygens (including phenoxy) is 2. The fourth-order valence-corrected chi connectivity index (χ4v) is 1.48. The van der Waals surface area contributed by atoms with Gasteiger partial charge < -0.3 is 9.47 Å². The van der Waals surface area contributed by atoms with Crippen LogP contribution in [0.5, 0.6) is 0 Å². The van der Waals surface area contributed by atoms with Crippen LogP contribution < -0.4 is 0 Å². The Morgan fingerprint density at radius 3 is 2.15 bits per heavy atom. The second-order valence-electron chi connectivity index (χ2n) is 2.97. The zero-order valence-corrected chi connectivity index (χ0v) is 10.7. The van der Waals surface area contributed by atoms with Crippen molar-refractivity contribution in [2.45, 2.75) is 32.6 Å². The van der Waals surface area contributed by atoms with Crippen LogP contribution in [0.15, 0.2) is 0 Å². The van der Waals surface area contributed by atoms with E-state index in [1.807, 2.05) is 0 Å². The van der Waals surface area contributed by atoms with E-state index < -0.39 is 0 Å². The van der Waals surface area contributed by atoms with Gasteiger partial charge in [-0.2, -0.15) is 0 Å². The van der Waals surface area contributed by atoms with E-state index in [9.17, 15) is 0 Å². The van der Waals surface area contributed by atoms with Crippen molar-refractivity contribution in [1.29, 1.82) is 0 Å². The highest BCUT2D eigenvalue weighted by Gasteiger charge is 1.90. The van der Waals surface area contributed by atoms with E-state index in [1.165, 1.54) is 23.7 Å². The van der Waals surface area contributed by atoms with Crippen molar-refractivity contribution in [2.75, 3.05) is 30.9 Å². The van der Waals surface area contributed by atoms with E-state index in [4.69, 9.17) is 9.47 Å². The fraction of sp³-hybridized carbons (Fsp3) is 1.00. The van der Waals surface area contributed by atoms with Gasteiger partial charge in [-0.3, -0.25) is 0 Å². The van der Waals surface area contributed by atoms with Crippen LogP contribution in [0.4, 0.5) is 0 Å². The molecule has 0 heterocycles. The quantitative estimate of drug-likeness (QED) is 0.351. The topological polar surface area (TPSA) is 18.5 Å². The molecule has 80 valence electrons. The number of unbranched alkanes of at least 4 members (excludes halogenated alkanes) is 2. The van der Waals surface area contributed by atoms with Crippen LogP contribution in [-0.2, 0) is 9.47 Å². The van der Waals surface area contributed by atoms with Gasteiger partial charge in [0.15, 0.2) is 0 Å². The summed E-state index contributed by atoms with van der Waals surface area (Å²) in [5, 5.41) is 0. The van der Waals surface area contributed by atoms with Crippen LogP contribution in [0, 0.1) is 0 Å². The van der Waals surface area contributed by atoms with Crippen molar-refractivity contribution < 1.29 is 9.47 Å². The first-order chi connectivity index (χ1) is 6.41. The van der Waals surface area contributed by atoms with Gasteiger partial charge in [-0.25, -0.2) is 0 Å². The third-order valence-electron chi connectivity index (χ3n) is 1.64. The third kappa shape index (κ3) is 12.6. The first-order valence-electron chi connectivity index (χ1n) is 5.13. The maximum atomic E-state index is 5.40. The monoisotopic (exact) mass is 300 g/mol. The maximum absolute atomic E-state index is 5.40. The van der Waals surface area contributed by atoms with Gasteiger partial charge in [-0.05, 0) is 23.7 Å². The van der Waals surface area contributed by atoms with Crippen LogP contribution in [-0.4, -0.2) is 30.9 Å². The Bertz CT molecular complexity index is 79.0. The van der Waals surface area contributed by atoms with Crippen molar-refractivity contribution >= 4 is 22.6 Å². The summed E-state index contributed by atoms with van der Waals surface area (Å²) in [6.45, 7) is 5.37. The van der Waals surface area contributed by atoms with Crippen LogP contribution in [0.3, 0.4) is 0 Å². The maximum Gasteiger partial charge on any atom is 0.0700 e. The summed E-state index contributed by atoms with van der Waals surface area (Å²) in [5.41, 5.74) is 0. The van der Waals surface area contributed by atoms with Gasteiger partial charge in [-0.15, -0.1) is 0 Å². The van der Waals surface area contributed by atoms with Crippen LogP contribution in [0.2, 0.25) is 0 Å². The lowest BCUT2D eigenvalue weighted by atomic mass is 10.3. The minimum absolute atomic E-state index is 0.750. The average molecular weight is 300 g/mol. The molecule has 0 radical (unpaired) electrons. The zero-order valence-electron chi connectivity index (χ0n) is 8.56. The summed E-state index contributed by atoms with van der Waals surface area (Å²) in [6, 6.07) is 0. The first kappa shape index (κ1) is 13.7. The second-order valence-corrected chi connectivity index (χ2v) is 4.05. The van der Waals surface area contributed by atoms with E-state index in [2.05, 4.69) is 29.5 Å². The van der Waals surface area contributed by atoms with Crippen molar-refractivity contribution in [3.8, 4) is 0 Å². The fourth-order valence-electron chi connectivity index (χ4n) is 0.942. The zero-order chi connectivity index (χ0) is 9.78. The predicted octanol–water partition coefficient (Wildman–Crippen LogP) is 3.03. The van der Waals surface area contributed by atoms with Gasteiger partial charge in [0, 0.05) is 13.2 Å². The van der Waals surface area contributed by atoms with Gasteiger partial charge in [0.1, 0.15) is 0 Å². The van der Waals surface area contributed by atoms with Crippen molar-refractivity contribution in [3.63, 3.8) is 0 Å². The standard InChI is InChI=1S/C10H21IO2/c1-2-7-12-9-10-13-8-5-3-4-6-11/h2-10H2,1H3. The normalized spacial score (nSPS) is 10.6. The molecule has 0 saturated heterocycles. The lowest BCUT2D eigenvalue weighted by Gasteiger charge is -2.04. The molecule has 0 aromatic heterocycles. The molecule has 0 N–H and O–H groups in total. The molecule has 0 aliphatic rings. The van der Waals surface area contributed by atoms with E-state index in [1.54, 1.807) is 0 Å². The van der Waals surface area contributed by atoms with Gasteiger partial charge in [0.05, 0.1) is 13.2 Å². The molecule has 3 heteroatoms. The minimum Gasteiger partial charge on any atom is -0.379 e. The number of hydrogen-bond donors (Lipinski definition) is 0. The molecule has 0 aromatic carbocycles. The van der Waals surface area contributed by atoms with Crippen LogP contribution in [0.1, 0.15) is 32.6 Å². The lowest BCUT2D eigenvalue weighted by Crippen LogP contribution is -2.05. The van der Waals surface area contributed by atoms with E-state index in [0.29, 0.717) is 0 Å². The average Bonchev–Trinajstić information content (AvgIpc) is 2.16. The second kappa shape index (κ2) is 12.7. The molecule has 2 nitrogen and oxygen atoms in total. The number of rotatable bonds is 10. The lowest BCUT2D eigenvalue weighted by molar-refractivity contribution is 0.0467. The molecule has 0 saturated carbocycles. The minimum atomic E-state index is 0.750. The molecule has 0 aromatic rings. The Morgan fingerprint density at radius 2 is 1.54 bits per heavy atom. The molecule has 0 amide bonds. The Labute approximate surface area is 95.5 Å². The molecule has 0 rings (SSSR count). The highest BCUT2D eigenvalue weighted by molar-refractivity contribution is 14.1.